The molecule has 2 aromatic rings. The van der Waals surface area contributed by atoms with E-state index in [-0.39, 0.29) is 11.3 Å². The number of amides is 1. The summed E-state index contributed by atoms with van der Waals surface area (Å²) in [6, 6.07) is 6.41. The molecule has 0 bridgehead atoms. The Hall–Kier alpha value is -1.57. The van der Waals surface area contributed by atoms with Crippen LogP contribution in [0, 0.1) is 0 Å². The first-order valence-corrected chi connectivity index (χ1v) is 10.8. The lowest BCUT2D eigenvalue weighted by Gasteiger charge is -2.27. The van der Waals surface area contributed by atoms with Crippen molar-refractivity contribution in [2.45, 2.75) is 25.7 Å². The van der Waals surface area contributed by atoms with E-state index in [1.165, 1.54) is 22.6 Å². The number of hydrogen-bond acceptors (Lipinski definition) is 5. The molecule has 5 nitrogen and oxygen atoms in total. The van der Waals surface area contributed by atoms with Crippen molar-refractivity contribution < 1.29 is 4.79 Å². The van der Waals surface area contributed by atoms with Crippen LogP contribution >= 0.6 is 38.9 Å². The van der Waals surface area contributed by atoms with E-state index in [2.05, 4.69) is 55.4 Å². The van der Waals surface area contributed by atoms with Gasteiger partial charge in [-0.1, -0.05) is 38.9 Å². The van der Waals surface area contributed by atoms with Gasteiger partial charge in [0, 0.05) is 42.1 Å². The van der Waals surface area contributed by atoms with Gasteiger partial charge in [0.2, 0.25) is 5.91 Å². The molecular weight excluding hydrogens is 448 g/mol. The van der Waals surface area contributed by atoms with Crippen LogP contribution in [0.25, 0.3) is 0 Å². The van der Waals surface area contributed by atoms with Gasteiger partial charge in [-0.3, -0.25) is 4.79 Å². The highest BCUT2D eigenvalue weighted by Crippen LogP contribution is 2.48. The molecule has 1 atom stereocenters. The number of aromatic nitrogens is 1. The van der Waals surface area contributed by atoms with Crippen molar-refractivity contribution in [1.29, 1.82) is 0 Å². The molecule has 1 aromatic heterocycles. The number of likely N-dealkylation sites (tertiary alicyclic amines) is 1. The molecule has 1 saturated heterocycles. The maximum absolute atomic E-state index is 11.9. The van der Waals surface area contributed by atoms with E-state index in [4.69, 9.17) is 11.6 Å². The fraction of sp³-hybridized carbons (Fsp3) is 0.368. The topological polar surface area (TPSA) is 48.5 Å². The number of halogens is 2. The van der Waals surface area contributed by atoms with E-state index in [1.807, 2.05) is 11.8 Å². The maximum atomic E-state index is 11.9. The zero-order chi connectivity index (χ0) is 19.2. The summed E-state index contributed by atoms with van der Waals surface area (Å²) in [7, 11) is 0. The first-order valence-electron chi connectivity index (χ1n) is 8.80. The number of thiazole rings is 1. The van der Waals surface area contributed by atoms with Crippen molar-refractivity contribution in [2.75, 3.05) is 29.9 Å². The van der Waals surface area contributed by atoms with Crippen LogP contribution in [0.5, 0.6) is 0 Å². The summed E-state index contributed by atoms with van der Waals surface area (Å²) in [5, 5.41) is 4.17. The van der Waals surface area contributed by atoms with E-state index in [0.717, 1.165) is 41.5 Å². The van der Waals surface area contributed by atoms with Gasteiger partial charge in [0.15, 0.2) is 5.13 Å². The molecule has 1 aromatic carbocycles. The number of rotatable bonds is 3. The van der Waals surface area contributed by atoms with Crippen molar-refractivity contribution in [3.05, 3.63) is 50.7 Å². The highest BCUT2D eigenvalue weighted by Gasteiger charge is 2.48. The fourth-order valence-electron chi connectivity index (χ4n) is 4.06. The Labute approximate surface area is 176 Å². The smallest absolute Gasteiger partial charge is 0.219 e. The third-order valence-corrected chi connectivity index (χ3v) is 6.88. The van der Waals surface area contributed by atoms with Gasteiger partial charge in [-0.2, -0.15) is 0 Å². The number of benzene rings is 1. The van der Waals surface area contributed by atoms with Crippen LogP contribution in [0.4, 0.5) is 10.8 Å². The minimum Gasteiger partial charge on any atom is -0.342 e. The van der Waals surface area contributed by atoms with Crippen LogP contribution in [0.1, 0.15) is 25.8 Å². The molecule has 0 unspecified atom stereocenters. The van der Waals surface area contributed by atoms with Crippen LogP contribution in [0.15, 0.2) is 40.8 Å². The van der Waals surface area contributed by atoms with E-state index < -0.39 is 0 Å². The number of hydrogen-bond donors (Lipinski definition) is 1. The summed E-state index contributed by atoms with van der Waals surface area (Å²) in [5.74, 6) is 1.12. The first-order chi connectivity index (χ1) is 12.9. The van der Waals surface area contributed by atoms with Crippen molar-refractivity contribution in [1.82, 2.24) is 9.88 Å². The molecule has 8 heteroatoms. The minimum absolute atomic E-state index is 0.0543. The number of fused-ring (bicyclic) bond motifs is 2. The van der Waals surface area contributed by atoms with Crippen LogP contribution in [0.3, 0.4) is 0 Å². The Balaban J connectivity index is 1.70. The number of nitrogens with one attached hydrogen (secondary N) is 1. The van der Waals surface area contributed by atoms with Crippen LogP contribution in [-0.4, -0.2) is 35.4 Å². The van der Waals surface area contributed by atoms with Crippen LogP contribution < -0.4 is 10.2 Å². The Morgan fingerprint density at radius 2 is 2.26 bits per heavy atom. The van der Waals surface area contributed by atoms with E-state index in [0.29, 0.717) is 4.34 Å². The minimum atomic E-state index is -0.0543. The fourth-order valence-corrected chi connectivity index (χ4v) is 5.24. The van der Waals surface area contributed by atoms with E-state index in [1.54, 1.807) is 13.1 Å². The molecule has 0 radical (unpaired) electrons. The Kier molecular flexibility index (Phi) is 4.94. The largest absolute Gasteiger partial charge is 0.342 e. The normalized spacial score (nSPS) is 21.9. The number of allylic oxidation sites excluding steroid dienone is 1. The molecule has 0 aliphatic carbocycles. The third kappa shape index (κ3) is 3.37. The van der Waals surface area contributed by atoms with Crippen molar-refractivity contribution >= 4 is 55.6 Å². The summed E-state index contributed by atoms with van der Waals surface area (Å²) in [4.78, 5) is 20.5. The second-order valence-electron chi connectivity index (χ2n) is 6.99. The molecule has 27 heavy (non-hydrogen) atoms. The molecule has 142 valence electrons. The van der Waals surface area contributed by atoms with Crippen molar-refractivity contribution in [3.63, 3.8) is 0 Å². The Bertz CT molecular complexity index is 930. The molecule has 1 amide bonds. The third-order valence-electron chi connectivity index (χ3n) is 5.36. The predicted octanol–water partition coefficient (Wildman–Crippen LogP) is 4.84. The summed E-state index contributed by atoms with van der Waals surface area (Å²) in [5.41, 5.74) is 2.41. The summed E-state index contributed by atoms with van der Waals surface area (Å²) >= 11 is 11.1. The van der Waals surface area contributed by atoms with Gasteiger partial charge in [-0.15, -0.1) is 0 Å². The van der Waals surface area contributed by atoms with Gasteiger partial charge < -0.3 is 15.1 Å². The lowest BCUT2D eigenvalue weighted by atomic mass is 9.81. The molecular formula is C19H20BrClN4OS. The Morgan fingerprint density at radius 1 is 1.44 bits per heavy atom. The monoisotopic (exact) mass is 466 g/mol. The standard InChI is InChI=1S/C19H20BrClN4OS/c1-3-17(23-18-22-9-16(21)27-18)25-11-19(6-7-24(10-19)12(2)26)14-8-13(20)4-5-15(14)25/h3-5,8-9H,6-7,10-11H2,1-2H3,(H,22,23)/t19-/m0/s1. The summed E-state index contributed by atoms with van der Waals surface area (Å²) in [6.07, 6.45) is 4.67. The molecule has 1 fully saturated rings. The van der Waals surface area contributed by atoms with Crippen LogP contribution in [-0.2, 0) is 10.2 Å². The van der Waals surface area contributed by atoms with Gasteiger partial charge in [-0.25, -0.2) is 4.98 Å². The molecule has 0 saturated carbocycles. The number of nitrogens with zero attached hydrogens (tertiary/aromatic N) is 3. The van der Waals surface area contributed by atoms with Gasteiger partial charge in [0.25, 0.3) is 0 Å². The number of carbonyl (C=O) groups is 1. The lowest BCUT2D eigenvalue weighted by Crippen LogP contribution is -2.38. The van der Waals surface area contributed by atoms with Gasteiger partial charge in [0.1, 0.15) is 10.2 Å². The Morgan fingerprint density at radius 3 is 2.89 bits per heavy atom. The maximum Gasteiger partial charge on any atom is 0.219 e. The van der Waals surface area contributed by atoms with Crippen molar-refractivity contribution in [2.24, 2.45) is 0 Å². The van der Waals surface area contributed by atoms with Gasteiger partial charge in [0.05, 0.1) is 6.20 Å². The van der Waals surface area contributed by atoms with E-state index in [9.17, 15) is 4.79 Å². The zero-order valence-corrected chi connectivity index (χ0v) is 18.3. The second kappa shape index (κ2) is 7.11. The zero-order valence-electron chi connectivity index (χ0n) is 15.1. The quantitative estimate of drug-likeness (QED) is 0.701. The molecule has 2 aliphatic heterocycles. The average molecular weight is 468 g/mol. The first kappa shape index (κ1) is 18.8. The molecule has 1 spiro atoms. The van der Waals surface area contributed by atoms with Gasteiger partial charge >= 0.3 is 0 Å². The average Bonchev–Trinajstić information content (AvgIpc) is 3.32. The number of anilines is 2. The molecule has 2 aliphatic rings. The second-order valence-corrected chi connectivity index (χ2v) is 9.56. The predicted molar refractivity (Wildman–Crippen MR) is 115 cm³/mol. The van der Waals surface area contributed by atoms with E-state index >= 15 is 0 Å². The molecule has 1 N–H and O–H groups in total. The van der Waals surface area contributed by atoms with Crippen LogP contribution in [0.2, 0.25) is 4.34 Å². The highest BCUT2D eigenvalue weighted by atomic mass is 79.9. The highest BCUT2D eigenvalue weighted by molar-refractivity contribution is 9.10. The SMILES string of the molecule is CC=C(Nc1ncc(Cl)s1)N1C[C@@]2(CCN(C(C)=O)C2)c2cc(Br)ccc21. The summed E-state index contributed by atoms with van der Waals surface area (Å²) < 4.78 is 1.72. The molecule has 3 heterocycles. The number of carbonyl (C=O) groups excluding carboxylic acids is 1. The van der Waals surface area contributed by atoms with Gasteiger partial charge in [-0.05, 0) is 43.2 Å². The lowest BCUT2D eigenvalue weighted by molar-refractivity contribution is -0.127. The van der Waals surface area contributed by atoms with Crippen molar-refractivity contribution in [3.8, 4) is 0 Å². The summed E-state index contributed by atoms with van der Waals surface area (Å²) in [6.45, 7) is 6.04. The molecule has 4 rings (SSSR count).